The molecule has 0 aliphatic rings. The molecule has 1 rings (SSSR count). The van der Waals surface area contributed by atoms with E-state index >= 15 is 0 Å². The number of nitrogens with zero attached hydrogens (tertiary/aromatic N) is 1. The van der Waals surface area contributed by atoms with E-state index in [-0.39, 0.29) is 5.97 Å². The zero-order valence-electron chi connectivity index (χ0n) is 19.8. The van der Waals surface area contributed by atoms with Gasteiger partial charge in [0.05, 0.1) is 0 Å². The predicted octanol–water partition coefficient (Wildman–Crippen LogP) is 7.83. The van der Waals surface area contributed by atoms with Gasteiger partial charge in [-0.15, -0.1) is 0 Å². The van der Waals surface area contributed by atoms with Gasteiger partial charge in [-0.1, -0.05) is 82.6 Å². The third-order valence-electron chi connectivity index (χ3n) is 5.50. The Morgan fingerprint density at radius 3 is 1.90 bits per heavy atom. The lowest BCUT2D eigenvalue weighted by molar-refractivity contribution is -0.145. The minimum Gasteiger partial charge on any atom is -0.461 e. The molecule has 0 N–H and O–H groups in total. The molecule has 0 spiro atoms. The van der Waals surface area contributed by atoms with Crippen LogP contribution in [0.2, 0.25) is 0 Å². The molecular weight excluding hydrogens is 370 g/mol. The Bertz CT molecular complexity index is 563. The van der Waals surface area contributed by atoms with Crippen molar-refractivity contribution < 1.29 is 9.53 Å². The van der Waals surface area contributed by atoms with Gasteiger partial charge in [0.25, 0.3) is 0 Å². The maximum Gasteiger partial charge on any atom is 0.306 e. The zero-order valence-corrected chi connectivity index (χ0v) is 19.8. The third-order valence-corrected chi connectivity index (χ3v) is 5.50. The maximum atomic E-state index is 11.9. The van der Waals surface area contributed by atoms with Crippen molar-refractivity contribution in [3.63, 3.8) is 0 Å². The number of allylic oxidation sites excluding steroid dienone is 2. The molecule has 0 aromatic heterocycles. The topological polar surface area (TPSA) is 29.5 Å². The summed E-state index contributed by atoms with van der Waals surface area (Å²) >= 11 is 0. The highest BCUT2D eigenvalue weighted by Gasteiger charge is 2.04. The van der Waals surface area contributed by atoms with Crippen LogP contribution in [-0.4, -0.2) is 20.1 Å². The monoisotopic (exact) mass is 415 g/mol. The van der Waals surface area contributed by atoms with Crippen LogP contribution >= 0.6 is 0 Å². The lowest BCUT2D eigenvalue weighted by Crippen LogP contribution is -2.08. The van der Waals surface area contributed by atoms with Gasteiger partial charge in [-0.25, -0.2) is 0 Å². The molecule has 0 saturated carbocycles. The average Bonchev–Trinajstić information content (AvgIpc) is 2.75. The Kier molecular flexibility index (Phi) is 15.8. The van der Waals surface area contributed by atoms with Gasteiger partial charge in [-0.3, -0.25) is 4.79 Å². The van der Waals surface area contributed by atoms with Crippen molar-refractivity contribution in [3.05, 3.63) is 42.0 Å². The van der Waals surface area contributed by atoms with Gasteiger partial charge < -0.3 is 9.64 Å². The van der Waals surface area contributed by atoms with Gasteiger partial charge in [-0.2, -0.15) is 0 Å². The molecule has 3 nitrogen and oxygen atoms in total. The van der Waals surface area contributed by atoms with Crippen LogP contribution in [0.5, 0.6) is 0 Å². The predicted molar refractivity (Wildman–Crippen MR) is 130 cm³/mol. The second-order valence-electron chi connectivity index (χ2n) is 8.56. The van der Waals surface area contributed by atoms with E-state index in [2.05, 4.69) is 24.0 Å². The minimum atomic E-state index is -0.0793. The highest BCUT2D eigenvalue weighted by molar-refractivity contribution is 5.69. The van der Waals surface area contributed by atoms with Gasteiger partial charge in [-0.05, 0) is 49.8 Å². The van der Waals surface area contributed by atoms with E-state index < -0.39 is 0 Å². The number of unbranched alkanes of at least 4 members (excludes halogenated alkanes) is 11. The molecular formula is C27H45NO2. The third kappa shape index (κ3) is 14.3. The van der Waals surface area contributed by atoms with Crippen LogP contribution in [-0.2, 0) is 16.1 Å². The first-order chi connectivity index (χ1) is 14.6. The van der Waals surface area contributed by atoms with Crippen LogP contribution in [0.15, 0.2) is 36.4 Å². The number of ether oxygens (including phenoxy) is 1. The molecule has 1 aromatic carbocycles. The number of benzene rings is 1. The lowest BCUT2D eigenvalue weighted by atomic mass is 10.1. The number of carbonyl (C=O) groups excluding carboxylic acids is 1. The summed E-state index contributed by atoms with van der Waals surface area (Å²) in [5.41, 5.74) is 2.19. The number of rotatable bonds is 18. The number of hydrogen-bond donors (Lipinski definition) is 0. The number of carbonyl (C=O) groups is 1. The Morgan fingerprint density at radius 1 is 0.800 bits per heavy atom. The summed E-state index contributed by atoms with van der Waals surface area (Å²) in [4.78, 5) is 13.9. The fourth-order valence-corrected chi connectivity index (χ4v) is 3.47. The van der Waals surface area contributed by atoms with Crippen molar-refractivity contribution in [3.8, 4) is 0 Å². The standard InChI is InChI=1S/C27H45NO2/c1-4-5-6-7-8-9-10-11-12-13-14-15-16-17-18-19-27(29)30-24-25-20-22-26(23-21-25)28(2)3/h11-12,20-23H,4-10,13-19,24H2,1-3H3/b12-11-. The molecule has 30 heavy (non-hydrogen) atoms. The van der Waals surface area contributed by atoms with Gasteiger partial charge in [0, 0.05) is 26.2 Å². The molecule has 1 aromatic rings. The normalized spacial score (nSPS) is 11.2. The Morgan fingerprint density at radius 2 is 1.33 bits per heavy atom. The Hall–Kier alpha value is -1.77. The molecule has 0 aliphatic heterocycles. The minimum absolute atomic E-state index is 0.0793. The SMILES string of the molecule is CCCCCCCC/C=C\CCCCCCCC(=O)OCc1ccc(N(C)C)cc1. The molecule has 0 saturated heterocycles. The summed E-state index contributed by atoms with van der Waals surface area (Å²) in [6.07, 6.45) is 21.7. The van der Waals surface area contributed by atoms with E-state index in [0.29, 0.717) is 13.0 Å². The largest absolute Gasteiger partial charge is 0.461 e. The summed E-state index contributed by atoms with van der Waals surface area (Å²) in [6, 6.07) is 8.13. The van der Waals surface area contributed by atoms with Crippen molar-refractivity contribution in [2.45, 2.75) is 103 Å². The van der Waals surface area contributed by atoms with Crippen LogP contribution in [0.1, 0.15) is 102 Å². The average molecular weight is 416 g/mol. The van der Waals surface area contributed by atoms with Crippen molar-refractivity contribution in [2.24, 2.45) is 0 Å². The van der Waals surface area contributed by atoms with Crippen molar-refractivity contribution in [1.29, 1.82) is 0 Å². The zero-order chi connectivity index (χ0) is 21.9. The van der Waals surface area contributed by atoms with E-state index in [1.54, 1.807) is 0 Å². The summed E-state index contributed by atoms with van der Waals surface area (Å²) < 4.78 is 5.39. The molecule has 0 heterocycles. The lowest BCUT2D eigenvalue weighted by Gasteiger charge is -2.12. The maximum absolute atomic E-state index is 11.9. The van der Waals surface area contributed by atoms with Crippen LogP contribution in [0.25, 0.3) is 0 Å². The molecule has 3 heteroatoms. The quantitative estimate of drug-likeness (QED) is 0.139. The number of esters is 1. The van der Waals surface area contributed by atoms with E-state index in [1.165, 1.54) is 70.6 Å². The fourth-order valence-electron chi connectivity index (χ4n) is 3.47. The molecule has 170 valence electrons. The molecule has 0 aliphatic carbocycles. The second kappa shape index (κ2) is 18.0. The molecule has 0 bridgehead atoms. The van der Waals surface area contributed by atoms with Crippen LogP contribution < -0.4 is 4.90 Å². The van der Waals surface area contributed by atoms with Crippen molar-refractivity contribution in [2.75, 3.05) is 19.0 Å². The first-order valence-corrected chi connectivity index (χ1v) is 12.2. The number of hydrogen-bond acceptors (Lipinski definition) is 3. The molecule has 0 fully saturated rings. The highest BCUT2D eigenvalue weighted by atomic mass is 16.5. The molecule has 0 radical (unpaired) electrons. The summed E-state index contributed by atoms with van der Waals surface area (Å²) in [5, 5.41) is 0. The molecule has 0 amide bonds. The summed E-state index contributed by atoms with van der Waals surface area (Å²) in [6.45, 7) is 2.64. The summed E-state index contributed by atoms with van der Waals surface area (Å²) in [7, 11) is 4.03. The first kappa shape index (κ1) is 26.3. The fraction of sp³-hybridized carbons (Fsp3) is 0.667. The van der Waals surface area contributed by atoms with Crippen LogP contribution in [0.4, 0.5) is 5.69 Å². The Balaban J connectivity index is 1.90. The van der Waals surface area contributed by atoms with Crippen LogP contribution in [0.3, 0.4) is 0 Å². The van der Waals surface area contributed by atoms with E-state index in [9.17, 15) is 4.79 Å². The molecule has 0 unspecified atom stereocenters. The van der Waals surface area contributed by atoms with Gasteiger partial charge >= 0.3 is 5.97 Å². The van der Waals surface area contributed by atoms with Crippen molar-refractivity contribution in [1.82, 2.24) is 0 Å². The Labute approximate surface area is 185 Å². The van der Waals surface area contributed by atoms with Gasteiger partial charge in [0.2, 0.25) is 0 Å². The van der Waals surface area contributed by atoms with Crippen LogP contribution in [0, 0.1) is 0 Å². The van der Waals surface area contributed by atoms with E-state index in [4.69, 9.17) is 4.74 Å². The van der Waals surface area contributed by atoms with Gasteiger partial charge in [0.1, 0.15) is 6.61 Å². The highest BCUT2D eigenvalue weighted by Crippen LogP contribution is 2.14. The number of anilines is 1. The summed E-state index contributed by atoms with van der Waals surface area (Å²) in [5.74, 6) is -0.0793. The van der Waals surface area contributed by atoms with E-state index in [1.807, 2.05) is 38.4 Å². The smallest absolute Gasteiger partial charge is 0.306 e. The molecule has 0 atom stereocenters. The second-order valence-corrected chi connectivity index (χ2v) is 8.56. The van der Waals surface area contributed by atoms with E-state index in [0.717, 1.165) is 24.1 Å². The first-order valence-electron chi connectivity index (χ1n) is 12.2. The van der Waals surface area contributed by atoms with Gasteiger partial charge in [0.15, 0.2) is 0 Å². The van der Waals surface area contributed by atoms with Crippen molar-refractivity contribution >= 4 is 11.7 Å².